The van der Waals surface area contributed by atoms with E-state index in [-0.39, 0.29) is 5.57 Å². The SMILES string of the molecule is CC(O)CCC(=CCl)C(=O)O. The van der Waals surface area contributed by atoms with Crippen LogP contribution in [-0.2, 0) is 4.79 Å². The van der Waals surface area contributed by atoms with Gasteiger partial charge < -0.3 is 10.2 Å². The number of aliphatic carboxylic acids is 1. The van der Waals surface area contributed by atoms with Crippen LogP contribution >= 0.6 is 11.6 Å². The molecular weight excluding hydrogens is 168 g/mol. The Bertz CT molecular complexity index is 163. The summed E-state index contributed by atoms with van der Waals surface area (Å²) in [5.74, 6) is -1.03. The predicted octanol–water partition coefficient (Wildman–Crippen LogP) is 1.35. The summed E-state index contributed by atoms with van der Waals surface area (Å²) in [4.78, 5) is 10.3. The van der Waals surface area contributed by atoms with Gasteiger partial charge in [-0.15, -0.1) is 0 Å². The van der Waals surface area contributed by atoms with E-state index < -0.39 is 12.1 Å². The van der Waals surface area contributed by atoms with Crippen LogP contribution in [0.3, 0.4) is 0 Å². The molecule has 0 spiro atoms. The van der Waals surface area contributed by atoms with Gasteiger partial charge in [0, 0.05) is 11.1 Å². The number of carboxylic acid groups (broad SMARTS) is 1. The maximum absolute atomic E-state index is 10.3. The van der Waals surface area contributed by atoms with Crippen molar-refractivity contribution in [2.75, 3.05) is 0 Å². The van der Waals surface area contributed by atoms with Gasteiger partial charge in [0.15, 0.2) is 0 Å². The molecule has 0 bridgehead atoms. The minimum Gasteiger partial charge on any atom is -0.478 e. The number of aliphatic hydroxyl groups is 1. The molecule has 0 aliphatic carbocycles. The van der Waals surface area contributed by atoms with Gasteiger partial charge in [-0.2, -0.15) is 0 Å². The van der Waals surface area contributed by atoms with Gasteiger partial charge in [0.2, 0.25) is 0 Å². The first-order valence-corrected chi connectivity index (χ1v) is 3.72. The van der Waals surface area contributed by atoms with Crippen molar-refractivity contribution in [3.63, 3.8) is 0 Å². The number of hydrogen-bond donors (Lipinski definition) is 2. The van der Waals surface area contributed by atoms with Crippen LogP contribution in [0.5, 0.6) is 0 Å². The fourth-order valence-corrected chi connectivity index (χ4v) is 0.775. The minimum absolute atomic E-state index is 0.132. The van der Waals surface area contributed by atoms with Gasteiger partial charge in [-0.3, -0.25) is 0 Å². The third-order valence-corrected chi connectivity index (χ3v) is 1.50. The number of halogens is 1. The van der Waals surface area contributed by atoms with E-state index in [4.69, 9.17) is 21.8 Å². The molecule has 0 fully saturated rings. The Balaban J connectivity index is 3.82. The molecule has 0 radical (unpaired) electrons. The van der Waals surface area contributed by atoms with Crippen LogP contribution in [0, 0.1) is 0 Å². The van der Waals surface area contributed by atoms with E-state index in [1.165, 1.54) is 0 Å². The van der Waals surface area contributed by atoms with Crippen molar-refractivity contribution in [3.8, 4) is 0 Å². The molecule has 0 rings (SSSR count). The molecule has 11 heavy (non-hydrogen) atoms. The van der Waals surface area contributed by atoms with Gasteiger partial charge in [-0.25, -0.2) is 4.79 Å². The zero-order chi connectivity index (χ0) is 8.85. The average Bonchev–Trinajstić information content (AvgIpc) is 1.87. The van der Waals surface area contributed by atoms with Crippen LogP contribution in [0.2, 0.25) is 0 Å². The number of hydrogen-bond acceptors (Lipinski definition) is 2. The van der Waals surface area contributed by atoms with E-state index in [1.54, 1.807) is 6.92 Å². The summed E-state index contributed by atoms with van der Waals surface area (Å²) in [6, 6.07) is 0. The van der Waals surface area contributed by atoms with Crippen molar-refractivity contribution >= 4 is 17.6 Å². The monoisotopic (exact) mass is 178 g/mol. The number of aliphatic hydroxyl groups excluding tert-OH is 1. The van der Waals surface area contributed by atoms with Crippen LogP contribution < -0.4 is 0 Å². The third kappa shape index (κ3) is 4.81. The second kappa shape index (κ2) is 5.16. The van der Waals surface area contributed by atoms with Crippen molar-refractivity contribution in [2.24, 2.45) is 0 Å². The molecule has 0 aromatic carbocycles. The largest absolute Gasteiger partial charge is 0.478 e. The Morgan fingerprint density at radius 3 is 2.55 bits per heavy atom. The minimum atomic E-state index is -1.03. The molecule has 64 valence electrons. The Hall–Kier alpha value is -0.540. The summed E-state index contributed by atoms with van der Waals surface area (Å²) >= 11 is 5.22. The number of rotatable bonds is 4. The Labute approximate surface area is 70.3 Å². The van der Waals surface area contributed by atoms with Gasteiger partial charge in [-0.05, 0) is 19.8 Å². The van der Waals surface area contributed by atoms with Gasteiger partial charge >= 0.3 is 5.97 Å². The maximum Gasteiger partial charge on any atom is 0.332 e. The molecule has 0 aliphatic rings. The smallest absolute Gasteiger partial charge is 0.332 e. The highest BCUT2D eigenvalue weighted by atomic mass is 35.5. The fourth-order valence-electron chi connectivity index (χ4n) is 0.573. The van der Waals surface area contributed by atoms with Gasteiger partial charge in [-0.1, -0.05) is 11.6 Å². The molecule has 1 atom stereocenters. The van der Waals surface area contributed by atoms with E-state index in [2.05, 4.69) is 0 Å². The molecule has 0 saturated carbocycles. The molecule has 4 heteroatoms. The van der Waals surface area contributed by atoms with E-state index in [1.807, 2.05) is 0 Å². The summed E-state index contributed by atoms with van der Waals surface area (Å²) in [6.07, 6.45) is 0.238. The van der Waals surface area contributed by atoms with Crippen molar-refractivity contribution in [2.45, 2.75) is 25.9 Å². The predicted molar refractivity (Wildman–Crippen MR) is 42.5 cm³/mol. The summed E-state index contributed by atoms with van der Waals surface area (Å²) in [7, 11) is 0. The normalized spacial score (nSPS) is 14.6. The topological polar surface area (TPSA) is 57.5 Å². The van der Waals surface area contributed by atoms with Gasteiger partial charge in [0.05, 0.1) is 6.10 Å². The van der Waals surface area contributed by atoms with Crippen LogP contribution in [0.25, 0.3) is 0 Å². The molecule has 1 unspecified atom stereocenters. The summed E-state index contributed by atoms with van der Waals surface area (Å²) in [5, 5.41) is 17.3. The van der Waals surface area contributed by atoms with Crippen molar-refractivity contribution in [1.82, 2.24) is 0 Å². The molecule has 3 nitrogen and oxygen atoms in total. The van der Waals surface area contributed by atoms with E-state index in [9.17, 15) is 4.79 Å². The van der Waals surface area contributed by atoms with Gasteiger partial charge in [0.1, 0.15) is 0 Å². The maximum atomic E-state index is 10.3. The van der Waals surface area contributed by atoms with E-state index in [0.717, 1.165) is 5.54 Å². The Morgan fingerprint density at radius 1 is 1.73 bits per heavy atom. The lowest BCUT2D eigenvalue weighted by molar-refractivity contribution is -0.132. The standard InChI is InChI=1S/C7H11ClO3/c1-5(9)2-3-6(4-8)7(10)11/h4-5,9H,2-3H2,1H3,(H,10,11). The second-order valence-corrected chi connectivity index (χ2v) is 2.55. The molecule has 2 N–H and O–H groups in total. The highest BCUT2D eigenvalue weighted by Crippen LogP contribution is 2.08. The second-order valence-electron chi connectivity index (χ2n) is 2.33. The molecule has 0 aromatic heterocycles. The molecular formula is C7H11ClO3. The lowest BCUT2D eigenvalue weighted by Gasteiger charge is -2.02. The van der Waals surface area contributed by atoms with Crippen molar-refractivity contribution < 1.29 is 15.0 Å². The Morgan fingerprint density at radius 2 is 2.27 bits per heavy atom. The quantitative estimate of drug-likeness (QED) is 0.639. The molecule has 0 aromatic rings. The third-order valence-electron chi connectivity index (χ3n) is 1.24. The first-order valence-electron chi connectivity index (χ1n) is 3.28. The molecule has 0 aliphatic heterocycles. The molecule has 0 amide bonds. The highest BCUT2D eigenvalue weighted by Gasteiger charge is 2.07. The van der Waals surface area contributed by atoms with E-state index in [0.29, 0.717) is 12.8 Å². The van der Waals surface area contributed by atoms with Crippen LogP contribution in [0.4, 0.5) is 0 Å². The summed E-state index contributed by atoms with van der Waals surface area (Å²) in [5.41, 5.74) is 1.16. The average molecular weight is 179 g/mol. The summed E-state index contributed by atoms with van der Waals surface area (Å²) in [6.45, 7) is 1.60. The van der Waals surface area contributed by atoms with Crippen LogP contribution in [0.15, 0.2) is 11.1 Å². The van der Waals surface area contributed by atoms with Crippen molar-refractivity contribution in [1.29, 1.82) is 0 Å². The lowest BCUT2D eigenvalue weighted by atomic mass is 10.1. The number of carboxylic acids is 1. The first kappa shape index (κ1) is 10.5. The summed E-state index contributed by atoms with van der Waals surface area (Å²) < 4.78 is 0. The van der Waals surface area contributed by atoms with Crippen LogP contribution in [-0.4, -0.2) is 22.3 Å². The first-order chi connectivity index (χ1) is 5.07. The van der Waals surface area contributed by atoms with Crippen LogP contribution in [0.1, 0.15) is 19.8 Å². The molecule has 0 heterocycles. The zero-order valence-corrected chi connectivity index (χ0v) is 7.01. The zero-order valence-electron chi connectivity index (χ0n) is 6.25. The lowest BCUT2D eigenvalue weighted by Crippen LogP contribution is -2.05. The fraction of sp³-hybridized carbons (Fsp3) is 0.571. The number of carbonyl (C=O) groups is 1. The Kier molecular flexibility index (Phi) is 4.90. The molecule has 0 saturated heterocycles. The van der Waals surface area contributed by atoms with Crippen molar-refractivity contribution in [3.05, 3.63) is 11.1 Å². The highest BCUT2D eigenvalue weighted by molar-refractivity contribution is 6.27. The van der Waals surface area contributed by atoms with Gasteiger partial charge in [0.25, 0.3) is 0 Å². The van der Waals surface area contributed by atoms with E-state index >= 15 is 0 Å².